The van der Waals surface area contributed by atoms with Crippen molar-refractivity contribution in [3.63, 3.8) is 0 Å². The van der Waals surface area contributed by atoms with E-state index in [9.17, 15) is 4.79 Å². The minimum Gasteiger partial charge on any atom is -0.454 e. The second-order valence-corrected chi connectivity index (χ2v) is 7.53. The van der Waals surface area contributed by atoms with Crippen molar-refractivity contribution in [1.29, 1.82) is 0 Å². The molecule has 1 amide bonds. The molecular weight excluding hydrogens is 394 g/mol. The number of hydrogen-bond acceptors (Lipinski definition) is 6. The summed E-state index contributed by atoms with van der Waals surface area (Å²) < 4.78 is 12.6. The van der Waals surface area contributed by atoms with Gasteiger partial charge in [-0.2, -0.15) is 10.2 Å². The molecule has 0 bridgehead atoms. The van der Waals surface area contributed by atoms with Crippen molar-refractivity contribution in [3.8, 4) is 17.2 Å². The quantitative estimate of drug-likeness (QED) is 0.509. The third-order valence-electron chi connectivity index (χ3n) is 5.48. The van der Waals surface area contributed by atoms with Crippen LogP contribution in [0.15, 0.2) is 53.6 Å². The summed E-state index contributed by atoms with van der Waals surface area (Å²) in [6, 6.07) is 15.1. The number of hydrogen-bond donors (Lipinski definition) is 1. The summed E-state index contributed by atoms with van der Waals surface area (Å²) in [5.74, 6) is 1.89. The van der Waals surface area contributed by atoms with E-state index in [0.717, 1.165) is 48.7 Å². The van der Waals surface area contributed by atoms with Gasteiger partial charge in [-0.3, -0.25) is 4.79 Å². The second kappa shape index (κ2) is 8.14. The number of hydrazone groups is 1. The molecule has 0 spiro atoms. The number of fused-ring (bicyclic) bond motifs is 1. The van der Waals surface area contributed by atoms with E-state index < -0.39 is 0 Å². The molecule has 0 atom stereocenters. The number of amides is 1. The monoisotopic (exact) mass is 417 g/mol. The topological polar surface area (TPSA) is 81.0 Å². The van der Waals surface area contributed by atoms with Crippen LogP contribution in [0, 0.1) is 6.92 Å². The van der Waals surface area contributed by atoms with Gasteiger partial charge in [-0.15, -0.1) is 0 Å². The number of rotatable bonds is 5. The fourth-order valence-electron chi connectivity index (χ4n) is 3.92. The Morgan fingerprint density at radius 2 is 1.87 bits per heavy atom. The first-order chi connectivity index (χ1) is 15.2. The largest absolute Gasteiger partial charge is 0.454 e. The standard InChI is InChI=1S/C23H23N5O3/c1-16-19(14-24-25-22(29)17-9-10-20-21(13-17)31-15-30-20)23(27-11-5-6-12-27)28(26-16)18-7-3-2-4-8-18/h2-4,7-10,13-14H,5-6,11-12,15H2,1H3,(H,25,29)/b24-14-. The SMILES string of the molecule is Cc1nn(-c2ccccc2)c(N2CCCC2)c1/C=N\NC(=O)c1ccc2c(c1)OCO2. The Morgan fingerprint density at radius 1 is 1.10 bits per heavy atom. The summed E-state index contributed by atoms with van der Waals surface area (Å²) in [6.45, 7) is 4.08. The van der Waals surface area contributed by atoms with Gasteiger partial charge in [-0.05, 0) is 50.1 Å². The van der Waals surface area contributed by atoms with Gasteiger partial charge in [0, 0.05) is 18.7 Å². The van der Waals surface area contributed by atoms with E-state index in [1.54, 1.807) is 24.4 Å². The first-order valence-electron chi connectivity index (χ1n) is 10.3. The minimum absolute atomic E-state index is 0.169. The van der Waals surface area contributed by atoms with Gasteiger partial charge < -0.3 is 14.4 Å². The highest BCUT2D eigenvalue weighted by atomic mass is 16.7. The van der Waals surface area contributed by atoms with Crippen LogP contribution in [0.1, 0.15) is 34.5 Å². The van der Waals surface area contributed by atoms with Gasteiger partial charge in [-0.25, -0.2) is 10.1 Å². The van der Waals surface area contributed by atoms with Crippen LogP contribution in [-0.4, -0.2) is 41.8 Å². The molecule has 1 aromatic heterocycles. The lowest BCUT2D eigenvalue weighted by Gasteiger charge is -2.20. The third-order valence-corrected chi connectivity index (χ3v) is 5.48. The molecule has 2 aliphatic rings. The molecule has 1 saturated heterocycles. The maximum Gasteiger partial charge on any atom is 0.271 e. The Balaban J connectivity index is 1.41. The van der Waals surface area contributed by atoms with Crippen molar-refractivity contribution in [2.75, 3.05) is 24.8 Å². The number of carbonyl (C=O) groups excluding carboxylic acids is 1. The van der Waals surface area contributed by atoms with E-state index >= 15 is 0 Å². The first-order valence-corrected chi connectivity index (χ1v) is 10.3. The molecule has 1 N–H and O–H groups in total. The van der Waals surface area contributed by atoms with E-state index in [1.165, 1.54) is 0 Å². The van der Waals surface area contributed by atoms with Crippen LogP contribution in [-0.2, 0) is 0 Å². The number of para-hydroxylation sites is 1. The van der Waals surface area contributed by atoms with Gasteiger partial charge in [0.25, 0.3) is 5.91 Å². The zero-order valence-electron chi connectivity index (χ0n) is 17.2. The number of nitrogens with zero attached hydrogens (tertiary/aromatic N) is 4. The fraction of sp³-hybridized carbons (Fsp3) is 0.261. The molecule has 0 saturated carbocycles. The first kappa shape index (κ1) is 19.2. The lowest BCUT2D eigenvalue weighted by Crippen LogP contribution is -2.23. The van der Waals surface area contributed by atoms with Gasteiger partial charge >= 0.3 is 0 Å². The highest BCUT2D eigenvalue weighted by Gasteiger charge is 2.23. The molecule has 5 rings (SSSR count). The number of anilines is 1. The maximum absolute atomic E-state index is 12.5. The minimum atomic E-state index is -0.314. The molecule has 0 unspecified atom stereocenters. The van der Waals surface area contributed by atoms with Crippen molar-refractivity contribution in [3.05, 3.63) is 65.4 Å². The normalized spacial score (nSPS) is 15.1. The molecular formula is C23H23N5O3. The van der Waals surface area contributed by atoms with Crippen LogP contribution >= 0.6 is 0 Å². The van der Waals surface area contributed by atoms with Crippen LogP contribution < -0.4 is 19.8 Å². The van der Waals surface area contributed by atoms with Crippen LogP contribution in [0.2, 0.25) is 0 Å². The van der Waals surface area contributed by atoms with Gasteiger partial charge in [-0.1, -0.05) is 18.2 Å². The van der Waals surface area contributed by atoms with Crippen LogP contribution in [0.4, 0.5) is 5.82 Å². The van der Waals surface area contributed by atoms with E-state index in [0.29, 0.717) is 17.1 Å². The molecule has 3 aromatic rings. The smallest absolute Gasteiger partial charge is 0.271 e. The van der Waals surface area contributed by atoms with Gasteiger partial charge in [0.1, 0.15) is 5.82 Å². The number of benzene rings is 2. The van der Waals surface area contributed by atoms with Crippen molar-refractivity contribution in [2.24, 2.45) is 5.10 Å². The number of ether oxygens (including phenoxy) is 2. The highest BCUT2D eigenvalue weighted by molar-refractivity contribution is 5.96. The Labute approximate surface area is 180 Å². The van der Waals surface area contributed by atoms with E-state index in [-0.39, 0.29) is 12.7 Å². The molecule has 3 heterocycles. The maximum atomic E-state index is 12.5. The Kier molecular flexibility index (Phi) is 5.03. The number of carbonyl (C=O) groups is 1. The van der Waals surface area contributed by atoms with E-state index in [2.05, 4.69) is 15.4 Å². The molecule has 1 fully saturated rings. The molecule has 8 nitrogen and oxygen atoms in total. The molecule has 158 valence electrons. The van der Waals surface area contributed by atoms with Gasteiger partial charge in [0.2, 0.25) is 6.79 Å². The summed E-state index contributed by atoms with van der Waals surface area (Å²) in [6.07, 6.45) is 3.98. The molecule has 0 radical (unpaired) electrons. The predicted octanol–water partition coefficient (Wildman–Crippen LogP) is 3.27. The fourth-order valence-corrected chi connectivity index (χ4v) is 3.92. The Hall–Kier alpha value is -3.81. The average molecular weight is 417 g/mol. The lowest BCUT2D eigenvalue weighted by molar-refractivity contribution is 0.0954. The zero-order chi connectivity index (χ0) is 21.2. The average Bonchev–Trinajstić information content (AvgIpc) is 3.54. The molecule has 31 heavy (non-hydrogen) atoms. The van der Waals surface area contributed by atoms with Crippen LogP contribution in [0.25, 0.3) is 5.69 Å². The summed E-state index contributed by atoms with van der Waals surface area (Å²) in [4.78, 5) is 14.9. The van der Waals surface area contributed by atoms with Crippen LogP contribution in [0.3, 0.4) is 0 Å². The second-order valence-electron chi connectivity index (χ2n) is 7.53. The van der Waals surface area contributed by atoms with Crippen molar-refractivity contribution >= 4 is 17.9 Å². The molecule has 8 heteroatoms. The summed E-state index contributed by atoms with van der Waals surface area (Å²) >= 11 is 0. The van der Waals surface area contributed by atoms with Crippen molar-refractivity contribution < 1.29 is 14.3 Å². The Bertz CT molecular complexity index is 1130. The summed E-state index contributed by atoms with van der Waals surface area (Å²) in [5, 5.41) is 9.00. The number of aromatic nitrogens is 2. The summed E-state index contributed by atoms with van der Waals surface area (Å²) in [5.41, 5.74) is 5.82. The zero-order valence-corrected chi connectivity index (χ0v) is 17.2. The number of nitrogens with one attached hydrogen (secondary N) is 1. The van der Waals surface area contributed by atoms with E-state index in [1.807, 2.05) is 41.9 Å². The number of aryl methyl sites for hydroxylation is 1. The Morgan fingerprint density at radius 3 is 2.68 bits per heavy atom. The molecule has 2 aliphatic heterocycles. The predicted molar refractivity (Wildman–Crippen MR) is 117 cm³/mol. The van der Waals surface area contributed by atoms with Crippen molar-refractivity contribution in [2.45, 2.75) is 19.8 Å². The third kappa shape index (κ3) is 3.72. The van der Waals surface area contributed by atoms with Gasteiger partial charge in [0.05, 0.1) is 23.2 Å². The molecule has 0 aliphatic carbocycles. The highest BCUT2D eigenvalue weighted by Crippen LogP contribution is 2.32. The summed E-state index contributed by atoms with van der Waals surface area (Å²) in [7, 11) is 0. The van der Waals surface area contributed by atoms with E-state index in [4.69, 9.17) is 14.6 Å². The molecule has 2 aromatic carbocycles. The van der Waals surface area contributed by atoms with Crippen LogP contribution in [0.5, 0.6) is 11.5 Å². The van der Waals surface area contributed by atoms with Crippen molar-refractivity contribution in [1.82, 2.24) is 15.2 Å². The van der Waals surface area contributed by atoms with Gasteiger partial charge in [0.15, 0.2) is 11.5 Å². The lowest BCUT2D eigenvalue weighted by atomic mass is 10.2.